The number of hydrogen-bond acceptors (Lipinski definition) is 4. The lowest BCUT2D eigenvalue weighted by molar-refractivity contribution is 0.249. The summed E-state index contributed by atoms with van der Waals surface area (Å²) >= 11 is 0. The van der Waals surface area contributed by atoms with Crippen LogP contribution in [0, 0.1) is 13.8 Å². The number of carbonyl (C=O) groups is 1. The van der Waals surface area contributed by atoms with Gasteiger partial charge in [0.25, 0.3) is 0 Å². The van der Waals surface area contributed by atoms with Crippen molar-refractivity contribution in [2.75, 3.05) is 5.32 Å². The molecule has 2 N–H and O–H groups in total. The Bertz CT molecular complexity index is 644. The number of aryl methyl sites for hydroxylation is 4. The smallest absolute Gasteiger partial charge is 0.319 e. The third-order valence-electron chi connectivity index (χ3n) is 3.36. The van der Waals surface area contributed by atoms with E-state index >= 15 is 0 Å². The Morgan fingerprint density at radius 1 is 1.43 bits per heavy atom. The van der Waals surface area contributed by atoms with E-state index in [1.165, 1.54) is 0 Å². The van der Waals surface area contributed by atoms with Crippen LogP contribution in [0.5, 0.6) is 0 Å². The minimum absolute atomic E-state index is 0.135. The molecule has 7 heteroatoms. The number of amides is 2. The predicted molar refractivity (Wildman–Crippen MR) is 79.1 cm³/mol. The van der Waals surface area contributed by atoms with Crippen LogP contribution in [0.3, 0.4) is 0 Å². The lowest BCUT2D eigenvalue weighted by Crippen LogP contribution is -2.31. The first-order valence-corrected chi connectivity index (χ1v) is 6.95. The molecule has 21 heavy (non-hydrogen) atoms. The standard InChI is InChI=1S/C14H21N5O2/c1-6-12-13(10(4)18-21-12)16-14(20)15-8(2)11-7-19(5)17-9(11)3/h7-8H,6H2,1-5H3,(H2,15,16,20). The fourth-order valence-corrected chi connectivity index (χ4v) is 2.29. The van der Waals surface area contributed by atoms with Gasteiger partial charge in [0.1, 0.15) is 11.4 Å². The van der Waals surface area contributed by atoms with Crippen LogP contribution in [0.4, 0.5) is 10.5 Å². The Hall–Kier alpha value is -2.31. The van der Waals surface area contributed by atoms with Crippen LogP contribution in [0.1, 0.15) is 42.6 Å². The molecule has 7 nitrogen and oxygen atoms in total. The Kier molecular flexibility index (Phi) is 4.30. The molecule has 2 amide bonds. The van der Waals surface area contributed by atoms with Gasteiger partial charge in [0.2, 0.25) is 0 Å². The van der Waals surface area contributed by atoms with Crippen LogP contribution in [-0.4, -0.2) is 21.0 Å². The molecule has 2 rings (SSSR count). The van der Waals surface area contributed by atoms with Crippen LogP contribution < -0.4 is 10.6 Å². The fourth-order valence-electron chi connectivity index (χ4n) is 2.29. The van der Waals surface area contributed by atoms with E-state index in [2.05, 4.69) is 20.9 Å². The number of nitrogens with zero attached hydrogens (tertiary/aromatic N) is 3. The second-order valence-electron chi connectivity index (χ2n) is 5.08. The first kappa shape index (κ1) is 15.1. The Labute approximate surface area is 123 Å². The highest BCUT2D eigenvalue weighted by Gasteiger charge is 2.17. The molecule has 0 fully saturated rings. The maximum atomic E-state index is 12.1. The van der Waals surface area contributed by atoms with Crippen LogP contribution in [0.2, 0.25) is 0 Å². The number of anilines is 1. The number of urea groups is 1. The molecule has 0 spiro atoms. The number of hydrogen-bond donors (Lipinski definition) is 2. The van der Waals surface area contributed by atoms with E-state index in [9.17, 15) is 4.79 Å². The van der Waals surface area contributed by atoms with Gasteiger partial charge in [-0.2, -0.15) is 5.10 Å². The van der Waals surface area contributed by atoms with E-state index < -0.39 is 0 Å². The monoisotopic (exact) mass is 291 g/mol. The molecule has 0 aliphatic heterocycles. The minimum Gasteiger partial charge on any atom is -0.359 e. The molecular weight excluding hydrogens is 270 g/mol. The van der Waals surface area contributed by atoms with Crippen molar-refractivity contribution in [3.05, 3.63) is 28.9 Å². The number of carbonyl (C=O) groups excluding carboxylic acids is 1. The lowest BCUT2D eigenvalue weighted by Gasteiger charge is -2.14. The summed E-state index contributed by atoms with van der Waals surface area (Å²) < 4.78 is 6.89. The van der Waals surface area contributed by atoms with Crippen molar-refractivity contribution in [1.29, 1.82) is 0 Å². The minimum atomic E-state index is -0.285. The highest BCUT2D eigenvalue weighted by molar-refractivity contribution is 5.90. The second-order valence-corrected chi connectivity index (χ2v) is 5.08. The average molecular weight is 291 g/mol. The van der Waals surface area contributed by atoms with Crippen molar-refractivity contribution in [1.82, 2.24) is 20.3 Å². The van der Waals surface area contributed by atoms with E-state index in [1.54, 1.807) is 11.6 Å². The van der Waals surface area contributed by atoms with Crippen molar-refractivity contribution in [3.8, 4) is 0 Å². The van der Waals surface area contributed by atoms with Gasteiger partial charge in [0, 0.05) is 25.2 Å². The van der Waals surface area contributed by atoms with Gasteiger partial charge in [-0.25, -0.2) is 4.79 Å². The first-order chi connectivity index (χ1) is 9.92. The zero-order valence-corrected chi connectivity index (χ0v) is 13.0. The molecule has 2 heterocycles. The van der Waals surface area contributed by atoms with Crippen molar-refractivity contribution in [2.24, 2.45) is 7.05 Å². The number of nitrogens with one attached hydrogen (secondary N) is 2. The predicted octanol–water partition coefficient (Wildman–Crippen LogP) is 2.47. The van der Waals surface area contributed by atoms with Gasteiger partial charge in [0.05, 0.1) is 11.7 Å². The molecule has 0 aromatic carbocycles. The molecule has 0 aliphatic carbocycles. The van der Waals surface area contributed by atoms with Crippen LogP contribution in [0.15, 0.2) is 10.7 Å². The molecule has 0 saturated carbocycles. The van der Waals surface area contributed by atoms with Gasteiger partial charge in [-0.15, -0.1) is 0 Å². The quantitative estimate of drug-likeness (QED) is 0.906. The van der Waals surface area contributed by atoms with E-state index in [0.717, 1.165) is 11.3 Å². The SMILES string of the molecule is CCc1onc(C)c1NC(=O)NC(C)c1cn(C)nc1C. The van der Waals surface area contributed by atoms with Crippen LogP contribution >= 0.6 is 0 Å². The number of rotatable bonds is 4. The third-order valence-corrected chi connectivity index (χ3v) is 3.36. The Morgan fingerprint density at radius 3 is 2.71 bits per heavy atom. The zero-order valence-electron chi connectivity index (χ0n) is 13.0. The number of aromatic nitrogens is 3. The van der Waals surface area contributed by atoms with Crippen LogP contribution in [0.25, 0.3) is 0 Å². The first-order valence-electron chi connectivity index (χ1n) is 6.95. The van der Waals surface area contributed by atoms with Gasteiger partial charge < -0.3 is 15.2 Å². The molecule has 0 bridgehead atoms. The Balaban J connectivity index is 2.05. The van der Waals surface area contributed by atoms with Gasteiger partial charge in [-0.05, 0) is 20.8 Å². The van der Waals surface area contributed by atoms with Gasteiger partial charge in [-0.1, -0.05) is 12.1 Å². The summed E-state index contributed by atoms with van der Waals surface area (Å²) in [5.74, 6) is 0.674. The largest absolute Gasteiger partial charge is 0.359 e. The van der Waals surface area contributed by atoms with Crippen molar-refractivity contribution >= 4 is 11.7 Å². The second kappa shape index (κ2) is 5.99. The molecule has 0 radical (unpaired) electrons. The summed E-state index contributed by atoms with van der Waals surface area (Å²) in [6.07, 6.45) is 2.58. The maximum absolute atomic E-state index is 12.1. The highest BCUT2D eigenvalue weighted by atomic mass is 16.5. The van der Waals surface area contributed by atoms with E-state index in [4.69, 9.17) is 4.52 Å². The topological polar surface area (TPSA) is 85.0 Å². The lowest BCUT2D eigenvalue weighted by atomic mass is 10.1. The van der Waals surface area contributed by atoms with E-state index in [0.29, 0.717) is 23.6 Å². The molecular formula is C14H21N5O2. The van der Waals surface area contributed by atoms with Crippen LogP contribution in [-0.2, 0) is 13.5 Å². The molecule has 114 valence electrons. The summed E-state index contributed by atoms with van der Waals surface area (Å²) in [5.41, 5.74) is 3.21. The molecule has 2 aromatic rings. The van der Waals surface area contributed by atoms with Gasteiger partial charge in [-0.3, -0.25) is 4.68 Å². The molecule has 0 aliphatic rings. The zero-order chi connectivity index (χ0) is 15.6. The van der Waals surface area contributed by atoms with Gasteiger partial charge >= 0.3 is 6.03 Å². The molecule has 0 saturated heterocycles. The summed E-state index contributed by atoms with van der Waals surface area (Å²) in [4.78, 5) is 12.1. The van der Waals surface area contributed by atoms with Crippen molar-refractivity contribution in [3.63, 3.8) is 0 Å². The summed E-state index contributed by atoms with van der Waals surface area (Å²) in [5, 5.41) is 13.8. The third kappa shape index (κ3) is 3.24. The van der Waals surface area contributed by atoms with Crippen molar-refractivity contribution in [2.45, 2.75) is 40.2 Å². The molecule has 1 unspecified atom stereocenters. The molecule has 2 aromatic heterocycles. The van der Waals surface area contributed by atoms with Crippen molar-refractivity contribution < 1.29 is 9.32 Å². The normalized spacial score (nSPS) is 12.2. The average Bonchev–Trinajstić information content (AvgIpc) is 2.93. The summed E-state index contributed by atoms with van der Waals surface area (Å²) in [6, 6.07) is -0.421. The molecule has 1 atom stereocenters. The fraction of sp³-hybridized carbons (Fsp3) is 0.500. The van der Waals surface area contributed by atoms with E-state index in [-0.39, 0.29) is 12.1 Å². The van der Waals surface area contributed by atoms with Gasteiger partial charge in [0.15, 0.2) is 5.76 Å². The van der Waals surface area contributed by atoms with E-state index in [1.807, 2.05) is 34.0 Å². The summed E-state index contributed by atoms with van der Waals surface area (Å²) in [7, 11) is 1.86. The summed E-state index contributed by atoms with van der Waals surface area (Å²) in [6.45, 7) is 7.59. The highest BCUT2D eigenvalue weighted by Crippen LogP contribution is 2.21. The Morgan fingerprint density at radius 2 is 2.14 bits per heavy atom. The maximum Gasteiger partial charge on any atom is 0.319 e.